The summed E-state index contributed by atoms with van der Waals surface area (Å²) in [6, 6.07) is 0.181. The van der Waals surface area contributed by atoms with Gasteiger partial charge < -0.3 is 15.3 Å². The number of carbonyl (C=O) groups excluding carboxylic acids is 1. The van der Waals surface area contributed by atoms with Gasteiger partial charge in [0.1, 0.15) is 0 Å². The van der Waals surface area contributed by atoms with E-state index in [-0.39, 0.29) is 29.5 Å². The average molecular weight is 270 g/mol. The maximum Gasteiger partial charge on any atom is 0.317 e. The normalized spacial score (nSPS) is 21.1. The molecule has 0 aliphatic carbocycles. The number of nitrogens with one attached hydrogen (secondary N) is 1. The van der Waals surface area contributed by atoms with Crippen molar-refractivity contribution >= 4 is 6.03 Å². The standard InChI is InChI=1S/C15H30N2O2/c1-6-15(11-18)7-9-17(10-8-15)13(19)16-12(2)14(3,4)5/h12,18H,6-11H2,1-5H3,(H,16,19). The summed E-state index contributed by atoms with van der Waals surface area (Å²) in [5.74, 6) is 0. The molecule has 0 aromatic heterocycles. The Morgan fingerprint density at radius 1 is 1.37 bits per heavy atom. The highest BCUT2D eigenvalue weighted by atomic mass is 16.3. The van der Waals surface area contributed by atoms with Gasteiger partial charge in [-0.2, -0.15) is 0 Å². The second kappa shape index (κ2) is 6.12. The largest absolute Gasteiger partial charge is 0.396 e. The molecule has 0 saturated carbocycles. The van der Waals surface area contributed by atoms with Crippen molar-refractivity contribution in [1.82, 2.24) is 10.2 Å². The lowest BCUT2D eigenvalue weighted by atomic mass is 9.77. The summed E-state index contributed by atoms with van der Waals surface area (Å²) in [6.45, 7) is 12.3. The number of aliphatic hydroxyl groups excluding tert-OH is 1. The van der Waals surface area contributed by atoms with Gasteiger partial charge in [-0.15, -0.1) is 0 Å². The van der Waals surface area contributed by atoms with Crippen molar-refractivity contribution in [1.29, 1.82) is 0 Å². The van der Waals surface area contributed by atoms with Crippen LogP contribution in [0.1, 0.15) is 53.9 Å². The summed E-state index contributed by atoms with van der Waals surface area (Å²) < 4.78 is 0. The quantitative estimate of drug-likeness (QED) is 0.828. The molecule has 19 heavy (non-hydrogen) atoms. The van der Waals surface area contributed by atoms with Gasteiger partial charge in [-0.25, -0.2) is 4.79 Å². The van der Waals surface area contributed by atoms with Crippen LogP contribution in [0.25, 0.3) is 0 Å². The number of hydrogen-bond donors (Lipinski definition) is 2. The minimum absolute atomic E-state index is 0.0325. The van der Waals surface area contributed by atoms with Crippen molar-refractivity contribution in [3.63, 3.8) is 0 Å². The van der Waals surface area contributed by atoms with E-state index in [1.165, 1.54) is 0 Å². The zero-order chi connectivity index (χ0) is 14.7. The van der Waals surface area contributed by atoms with Gasteiger partial charge in [-0.1, -0.05) is 27.7 Å². The van der Waals surface area contributed by atoms with Gasteiger partial charge in [-0.05, 0) is 37.0 Å². The summed E-state index contributed by atoms with van der Waals surface area (Å²) in [6.07, 6.45) is 2.78. The summed E-state index contributed by atoms with van der Waals surface area (Å²) >= 11 is 0. The average Bonchev–Trinajstić information content (AvgIpc) is 2.37. The van der Waals surface area contributed by atoms with E-state index in [4.69, 9.17) is 0 Å². The highest BCUT2D eigenvalue weighted by Crippen LogP contribution is 2.34. The van der Waals surface area contributed by atoms with Gasteiger partial charge in [0, 0.05) is 25.7 Å². The van der Waals surface area contributed by atoms with Gasteiger partial charge in [0.25, 0.3) is 0 Å². The van der Waals surface area contributed by atoms with Gasteiger partial charge >= 0.3 is 6.03 Å². The predicted molar refractivity (Wildman–Crippen MR) is 78.1 cm³/mol. The van der Waals surface area contributed by atoms with E-state index in [0.29, 0.717) is 0 Å². The molecule has 4 nitrogen and oxygen atoms in total. The van der Waals surface area contributed by atoms with Crippen LogP contribution in [0.2, 0.25) is 0 Å². The Hall–Kier alpha value is -0.770. The molecule has 4 heteroatoms. The maximum absolute atomic E-state index is 12.2. The van der Waals surface area contributed by atoms with E-state index < -0.39 is 0 Å². The SMILES string of the molecule is CCC1(CO)CCN(C(=O)NC(C)C(C)(C)C)CC1. The first-order valence-electron chi connectivity index (χ1n) is 7.40. The number of rotatable bonds is 3. The van der Waals surface area contributed by atoms with Gasteiger partial charge in [0.05, 0.1) is 0 Å². The molecule has 1 heterocycles. The Labute approximate surface area is 117 Å². The highest BCUT2D eigenvalue weighted by Gasteiger charge is 2.34. The number of aliphatic hydroxyl groups is 1. The van der Waals surface area contributed by atoms with E-state index >= 15 is 0 Å². The predicted octanol–water partition coefficient (Wildman–Crippen LogP) is 2.62. The topological polar surface area (TPSA) is 52.6 Å². The summed E-state index contributed by atoms with van der Waals surface area (Å²) in [4.78, 5) is 14.1. The number of piperidine rings is 1. The fourth-order valence-corrected chi connectivity index (χ4v) is 2.30. The van der Waals surface area contributed by atoms with Gasteiger partial charge in [-0.3, -0.25) is 0 Å². The number of urea groups is 1. The van der Waals surface area contributed by atoms with Crippen molar-refractivity contribution in [2.75, 3.05) is 19.7 Å². The first-order valence-corrected chi connectivity index (χ1v) is 7.40. The fraction of sp³-hybridized carbons (Fsp3) is 0.933. The molecule has 0 spiro atoms. The molecule has 0 bridgehead atoms. The maximum atomic E-state index is 12.2. The van der Waals surface area contributed by atoms with Crippen LogP contribution < -0.4 is 5.32 Å². The van der Waals surface area contributed by atoms with E-state index in [2.05, 4.69) is 33.0 Å². The molecule has 1 unspecified atom stereocenters. The van der Waals surface area contributed by atoms with Crippen molar-refractivity contribution < 1.29 is 9.90 Å². The Bertz CT molecular complexity index is 296. The van der Waals surface area contributed by atoms with Crippen LogP contribution in [0.3, 0.4) is 0 Å². The van der Waals surface area contributed by atoms with Crippen LogP contribution >= 0.6 is 0 Å². The fourth-order valence-electron chi connectivity index (χ4n) is 2.30. The highest BCUT2D eigenvalue weighted by molar-refractivity contribution is 5.74. The van der Waals surface area contributed by atoms with E-state index in [1.54, 1.807) is 0 Å². The molecule has 1 aliphatic rings. The third-order valence-electron chi connectivity index (χ3n) is 4.84. The number of hydrogen-bond acceptors (Lipinski definition) is 2. The molecule has 1 aliphatic heterocycles. The first-order chi connectivity index (χ1) is 8.74. The molecule has 2 amide bonds. The Morgan fingerprint density at radius 3 is 2.26 bits per heavy atom. The lowest BCUT2D eigenvalue weighted by molar-refractivity contribution is 0.0508. The Morgan fingerprint density at radius 2 is 1.89 bits per heavy atom. The van der Waals surface area contributed by atoms with E-state index in [9.17, 15) is 9.90 Å². The Kier molecular flexibility index (Phi) is 5.25. The second-order valence-electron chi connectivity index (χ2n) is 7.04. The molecule has 1 saturated heterocycles. The molecule has 1 fully saturated rings. The van der Waals surface area contributed by atoms with Crippen LogP contribution in [0.15, 0.2) is 0 Å². The number of nitrogens with zero attached hydrogens (tertiary/aromatic N) is 1. The van der Waals surface area contributed by atoms with Gasteiger partial charge in [0.15, 0.2) is 0 Å². The second-order valence-corrected chi connectivity index (χ2v) is 7.04. The smallest absolute Gasteiger partial charge is 0.317 e. The lowest BCUT2D eigenvalue weighted by Gasteiger charge is -2.41. The summed E-state index contributed by atoms with van der Waals surface area (Å²) in [5, 5.41) is 12.6. The molecule has 2 N–H and O–H groups in total. The molecule has 1 rings (SSSR count). The van der Waals surface area contributed by atoms with Crippen LogP contribution in [0.5, 0.6) is 0 Å². The van der Waals surface area contributed by atoms with E-state index in [1.807, 2.05) is 11.8 Å². The van der Waals surface area contributed by atoms with Crippen molar-refractivity contribution in [2.24, 2.45) is 10.8 Å². The van der Waals surface area contributed by atoms with Crippen molar-refractivity contribution in [2.45, 2.75) is 59.9 Å². The van der Waals surface area contributed by atoms with Crippen molar-refractivity contribution in [3.8, 4) is 0 Å². The first kappa shape index (κ1) is 16.3. The number of amides is 2. The van der Waals surface area contributed by atoms with Crippen LogP contribution in [0.4, 0.5) is 4.79 Å². The lowest BCUT2D eigenvalue weighted by Crippen LogP contribution is -2.52. The minimum atomic E-state index is 0.0325. The van der Waals surface area contributed by atoms with Crippen LogP contribution in [-0.4, -0.2) is 41.8 Å². The minimum Gasteiger partial charge on any atom is -0.396 e. The molecular weight excluding hydrogens is 240 g/mol. The van der Waals surface area contributed by atoms with E-state index in [0.717, 1.165) is 32.4 Å². The third kappa shape index (κ3) is 4.10. The van der Waals surface area contributed by atoms with Gasteiger partial charge in [0.2, 0.25) is 0 Å². The molecule has 0 aromatic rings. The van der Waals surface area contributed by atoms with Crippen LogP contribution in [0, 0.1) is 10.8 Å². The zero-order valence-corrected chi connectivity index (χ0v) is 13.1. The molecule has 1 atom stereocenters. The molecule has 112 valence electrons. The monoisotopic (exact) mass is 270 g/mol. The molecular formula is C15H30N2O2. The zero-order valence-electron chi connectivity index (χ0n) is 13.1. The summed E-state index contributed by atoms with van der Waals surface area (Å²) in [5.41, 5.74) is 0.107. The van der Waals surface area contributed by atoms with Crippen molar-refractivity contribution in [3.05, 3.63) is 0 Å². The molecule has 0 aromatic carbocycles. The summed E-state index contributed by atoms with van der Waals surface area (Å²) in [7, 11) is 0. The number of carbonyl (C=O) groups is 1. The van der Waals surface area contributed by atoms with Crippen LogP contribution in [-0.2, 0) is 0 Å². The molecule has 0 radical (unpaired) electrons. The number of likely N-dealkylation sites (tertiary alicyclic amines) is 1. The third-order valence-corrected chi connectivity index (χ3v) is 4.84. The Balaban J connectivity index is 2.50.